The number of halogens is 1. The zero-order valence-electron chi connectivity index (χ0n) is 13.6. The van der Waals surface area contributed by atoms with Crippen LogP contribution in [0.2, 0.25) is 0 Å². The minimum absolute atomic E-state index is 0.0108. The number of rotatable bonds is 5. The molecule has 0 bridgehead atoms. The summed E-state index contributed by atoms with van der Waals surface area (Å²) < 4.78 is 11.0. The Labute approximate surface area is 149 Å². The van der Waals surface area contributed by atoms with Crippen LogP contribution >= 0.6 is 15.9 Å². The lowest BCUT2D eigenvalue weighted by Gasteiger charge is -2.17. The molecular weight excluding hydrogens is 370 g/mol. The summed E-state index contributed by atoms with van der Waals surface area (Å²) in [5.41, 5.74) is 3.09. The molecule has 0 saturated carbocycles. The molecule has 0 fully saturated rings. The second kappa shape index (κ2) is 7.09. The van der Waals surface area contributed by atoms with Gasteiger partial charge in [-0.25, -0.2) is 0 Å². The summed E-state index contributed by atoms with van der Waals surface area (Å²) in [5, 5.41) is 0. The van der Waals surface area contributed by atoms with Crippen molar-refractivity contribution in [2.45, 2.75) is 6.54 Å². The maximum absolute atomic E-state index is 12.5. The van der Waals surface area contributed by atoms with E-state index in [1.807, 2.05) is 53.4 Å². The highest BCUT2D eigenvalue weighted by molar-refractivity contribution is 9.12. The molecule has 0 atom stereocenters. The third-order valence-corrected chi connectivity index (χ3v) is 4.88. The van der Waals surface area contributed by atoms with Crippen LogP contribution in [0, 0.1) is 0 Å². The topological polar surface area (TPSA) is 38.8 Å². The van der Waals surface area contributed by atoms with Gasteiger partial charge in [-0.3, -0.25) is 4.79 Å². The highest BCUT2D eigenvalue weighted by atomic mass is 79.9. The molecule has 1 heterocycles. The lowest BCUT2D eigenvalue weighted by Crippen LogP contribution is -2.25. The fraction of sp³-hybridized carbons (Fsp3) is 0.211. The van der Waals surface area contributed by atoms with Gasteiger partial charge < -0.3 is 14.4 Å². The van der Waals surface area contributed by atoms with Crippen LogP contribution in [0.4, 0.5) is 0 Å². The molecule has 5 heteroatoms. The summed E-state index contributed by atoms with van der Waals surface area (Å²) in [7, 11) is 3.28. The molecule has 124 valence electrons. The van der Waals surface area contributed by atoms with Crippen LogP contribution < -0.4 is 9.47 Å². The Morgan fingerprint density at radius 2 is 1.50 bits per heavy atom. The second-order valence-electron chi connectivity index (χ2n) is 5.53. The van der Waals surface area contributed by atoms with Crippen molar-refractivity contribution in [3.63, 3.8) is 0 Å². The zero-order chi connectivity index (χ0) is 17.1. The van der Waals surface area contributed by atoms with Crippen LogP contribution in [-0.4, -0.2) is 31.6 Å². The van der Waals surface area contributed by atoms with Crippen LogP contribution in [0.1, 0.15) is 11.1 Å². The second-order valence-corrected chi connectivity index (χ2v) is 6.32. The van der Waals surface area contributed by atoms with Gasteiger partial charge in [0.2, 0.25) is 0 Å². The average molecular weight is 388 g/mol. The Balaban J connectivity index is 1.75. The Morgan fingerprint density at radius 3 is 2.04 bits per heavy atom. The molecule has 0 radical (unpaired) electrons. The predicted octanol–water partition coefficient (Wildman–Crippen LogP) is 3.85. The summed E-state index contributed by atoms with van der Waals surface area (Å²) in [6.45, 7) is 1.15. The number of carbonyl (C=O) groups is 1. The van der Waals surface area contributed by atoms with E-state index in [0.717, 1.165) is 28.2 Å². The van der Waals surface area contributed by atoms with E-state index < -0.39 is 0 Å². The normalized spacial score (nSPS) is 14.3. The van der Waals surface area contributed by atoms with Crippen LogP contribution in [0.5, 0.6) is 11.5 Å². The van der Waals surface area contributed by atoms with Gasteiger partial charge in [0.25, 0.3) is 5.91 Å². The smallest absolute Gasteiger partial charge is 0.261 e. The van der Waals surface area contributed by atoms with E-state index in [2.05, 4.69) is 15.9 Å². The first-order valence-corrected chi connectivity index (χ1v) is 8.37. The van der Waals surface area contributed by atoms with Crippen LogP contribution in [0.3, 0.4) is 0 Å². The van der Waals surface area contributed by atoms with Gasteiger partial charge in [0, 0.05) is 13.1 Å². The maximum Gasteiger partial charge on any atom is 0.261 e. The quantitative estimate of drug-likeness (QED) is 0.781. The molecule has 0 aromatic heterocycles. The molecule has 0 N–H and O–H groups in total. The fourth-order valence-corrected chi connectivity index (χ4v) is 3.29. The lowest BCUT2D eigenvalue weighted by molar-refractivity contribution is -0.125. The van der Waals surface area contributed by atoms with Gasteiger partial charge in [0.15, 0.2) is 0 Å². The molecule has 0 aliphatic carbocycles. The summed E-state index contributed by atoms with van der Waals surface area (Å²) in [5.74, 6) is 1.62. The monoisotopic (exact) mass is 387 g/mol. The summed E-state index contributed by atoms with van der Waals surface area (Å²) in [6, 6.07) is 15.5. The number of benzene rings is 2. The number of hydrogen-bond acceptors (Lipinski definition) is 3. The summed E-state index contributed by atoms with van der Waals surface area (Å²) in [4.78, 5) is 14.3. The molecule has 0 spiro atoms. The third-order valence-electron chi connectivity index (χ3n) is 4.06. The molecule has 3 rings (SSSR count). The van der Waals surface area contributed by atoms with Crippen LogP contribution in [0.25, 0.3) is 5.57 Å². The first-order chi connectivity index (χ1) is 11.6. The van der Waals surface area contributed by atoms with Gasteiger partial charge >= 0.3 is 0 Å². The zero-order valence-corrected chi connectivity index (χ0v) is 15.2. The number of carbonyl (C=O) groups excluding carboxylic acids is 1. The van der Waals surface area contributed by atoms with Crippen molar-refractivity contribution in [1.29, 1.82) is 0 Å². The summed E-state index contributed by atoms with van der Waals surface area (Å²) in [6.07, 6.45) is 0. The molecule has 4 nitrogen and oxygen atoms in total. The minimum atomic E-state index is 0.0108. The molecular formula is C19H18BrNO3. The van der Waals surface area contributed by atoms with Gasteiger partial charge in [0.1, 0.15) is 11.5 Å². The van der Waals surface area contributed by atoms with Gasteiger partial charge in [-0.05, 0) is 56.9 Å². The first kappa shape index (κ1) is 16.6. The van der Waals surface area contributed by atoms with Crippen molar-refractivity contribution in [3.05, 3.63) is 64.1 Å². The lowest BCUT2D eigenvalue weighted by atomic mass is 10.1. The van der Waals surface area contributed by atoms with Gasteiger partial charge in [-0.1, -0.05) is 24.3 Å². The van der Waals surface area contributed by atoms with Crippen molar-refractivity contribution in [1.82, 2.24) is 4.90 Å². The molecule has 24 heavy (non-hydrogen) atoms. The minimum Gasteiger partial charge on any atom is -0.497 e. The van der Waals surface area contributed by atoms with E-state index >= 15 is 0 Å². The van der Waals surface area contributed by atoms with Gasteiger partial charge in [-0.2, -0.15) is 0 Å². The first-order valence-electron chi connectivity index (χ1n) is 7.57. The van der Waals surface area contributed by atoms with Crippen LogP contribution in [-0.2, 0) is 11.3 Å². The molecule has 2 aromatic rings. The Bertz CT molecular complexity index is 766. The third kappa shape index (κ3) is 3.31. The largest absolute Gasteiger partial charge is 0.497 e. The molecule has 2 aromatic carbocycles. The SMILES string of the molecule is COc1ccc(CN2CC(c3ccc(OC)cc3)=C(Br)C2=O)cc1. The standard InChI is InChI=1S/C19H18BrNO3/c1-23-15-7-3-13(4-8-15)11-21-12-17(18(20)19(21)22)14-5-9-16(24-2)10-6-14/h3-10H,11-12H2,1-2H3. The van der Waals surface area contributed by atoms with Crippen molar-refractivity contribution in [3.8, 4) is 11.5 Å². The van der Waals surface area contributed by atoms with Gasteiger partial charge in [-0.15, -0.1) is 0 Å². The van der Waals surface area contributed by atoms with E-state index in [0.29, 0.717) is 17.6 Å². The fourth-order valence-electron chi connectivity index (χ4n) is 2.69. The molecule has 1 aliphatic heterocycles. The Morgan fingerprint density at radius 1 is 0.958 bits per heavy atom. The number of hydrogen-bond donors (Lipinski definition) is 0. The molecule has 1 aliphatic rings. The Hall–Kier alpha value is -2.27. The van der Waals surface area contributed by atoms with Crippen molar-refractivity contribution in [2.24, 2.45) is 0 Å². The van der Waals surface area contributed by atoms with E-state index in [4.69, 9.17) is 9.47 Å². The number of methoxy groups -OCH3 is 2. The van der Waals surface area contributed by atoms with E-state index in [1.165, 1.54) is 0 Å². The number of nitrogens with zero attached hydrogens (tertiary/aromatic N) is 1. The van der Waals surface area contributed by atoms with Crippen LogP contribution in [0.15, 0.2) is 53.0 Å². The van der Waals surface area contributed by atoms with E-state index in [-0.39, 0.29) is 5.91 Å². The Kier molecular flexibility index (Phi) is 4.90. The van der Waals surface area contributed by atoms with E-state index in [1.54, 1.807) is 14.2 Å². The molecule has 0 unspecified atom stereocenters. The van der Waals surface area contributed by atoms with Crippen molar-refractivity contribution >= 4 is 27.4 Å². The molecule has 1 amide bonds. The van der Waals surface area contributed by atoms with Gasteiger partial charge in [0.05, 0.1) is 18.7 Å². The highest BCUT2D eigenvalue weighted by Gasteiger charge is 2.29. The van der Waals surface area contributed by atoms with Crippen molar-refractivity contribution in [2.75, 3.05) is 20.8 Å². The van der Waals surface area contributed by atoms with Crippen molar-refractivity contribution < 1.29 is 14.3 Å². The number of amides is 1. The number of ether oxygens (including phenoxy) is 2. The van der Waals surface area contributed by atoms with E-state index in [9.17, 15) is 4.79 Å². The summed E-state index contributed by atoms with van der Waals surface area (Å²) >= 11 is 3.46. The average Bonchev–Trinajstić information content (AvgIpc) is 2.91. The molecule has 0 saturated heterocycles. The maximum atomic E-state index is 12.5. The predicted molar refractivity (Wildman–Crippen MR) is 97.3 cm³/mol. The highest BCUT2D eigenvalue weighted by Crippen LogP contribution is 2.33.